The Morgan fingerprint density at radius 2 is 0.720 bits per heavy atom. The van der Waals surface area contributed by atoms with E-state index in [1.807, 2.05) is 41.5 Å². The largest absolute Gasteiger partial charge is 0.456 e. The Balaban J connectivity index is 0.000000338. The van der Waals surface area contributed by atoms with Gasteiger partial charge < -0.3 is 37.9 Å². The number of halogens is 4. The second kappa shape index (κ2) is 13.7. The minimum Gasteiger partial charge on any atom is -0.456 e. The Kier molecular flexibility index (Phi) is 12.8. The Bertz CT molecular complexity index is 1120. The van der Waals surface area contributed by atoms with Crippen LogP contribution < -0.4 is 0 Å². The van der Waals surface area contributed by atoms with E-state index in [0.29, 0.717) is 5.95 Å². The minimum atomic E-state index is -5.26. The quantitative estimate of drug-likeness (QED) is 0.208. The minimum absolute atomic E-state index is 0.197. The van der Waals surface area contributed by atoms with E-state index in [0.717, 1.165) is 12.8 Å². The van der Waals surface area contributed by atoms with Crippen LogP contribution in [0.1, 0.15) is 151 Å². The third kappa shape index (κ3) is 9.34. The van der Waals surface area contributed by atoms with Crippen LogP contribution in [0, 0.1) is 0 Å². The van der Waals surface area contributed by atoms with Crippen molar-refractivity contribution in [1.29, 1.82) is 0 Å². The highest BCUT2D eigenvalue weighted by atomic mass is 19.4. The third-order valence-electron chi connectivity index (χ3n) is 11.1. The van der Waals surface area contributed by atoms with Crippen LogP contribution in [0.2, 0.25) is 0 Å². The molecule has 0 aromatic rings. The molecule has 4 saturated heterocycles. The fraction of sp³-hybridized carbons (Fsp3) is 0.919. The molecule has 0 bridgehead atoms. The number of carbonyl (C=O) groups is 1. The lowest BCUT2D eigenvalue weighted by Gasteiger charge is -2.30. The van der Waals surface area contributed by atoms with Crippen molar-refractivity contribution in [3.63, 3.8) is 0 Å². The SMILES string of the molecule is C=C1OC(C)(C)C(C)(C)O1.CC1(C)OC(C(=O)F)(C(F)(F)F)OC1(C)C.CCC1(C)OC(C)(C)C(C)(C)O1.CCC1(C)OC(C)(C)C(C)(C)O1. The van der Waals surface area contributed by atoms with Crippen molar-refractivity contribution in [3.8, 4) is 0 Å². The topological polar surface area (TPSA) is 90.9 Å². The van der Waals surface area contributed by atoms with Crippen molar-refractivity contribution in [2.75, 3.05) is 0 Å². The summed E-state index contributed by atoms with van der Waals surface area (Å²) in [4.78, 5) is 10.6. The van der Waals surface area contributed by atoms with Crippen LogP contribution in [0.25, 0.3) is 0 Å². The number of hydrogen-bond donors (Lipinski definition) is 0. The summed E-state index contributed by atoms with van der Waals surface area (Å²) in [5, 5.41) is 0. The molecule has 0 aromatic carbocycles. The van der Waals surface area contributed by atoms with Crippen molar-refractivity contribution in [3.05, 3.63) is 12.5 Å². The molecule has 0 spiro atoms. The molecule has 4 fully saturated rings. The summed E-state index contributed by atoms with van der Waals surface area (Å²) in [5.41, 5.74) is -4.19. The van der Waals surface area contributed by atoms with E-state index in [-0.39, 0.29) is 33.6 Å². The van der Waals surface area contributed by atoms with Crippen molar-refractivity contribution in [2.24, 2.45) is 0 Å². The first-order valence-electron chi connectivity index (χ1n) is 17.2. The molecule has 0 unspecified atom stereocenters. The normalized spacial score (nSPS) is 28.7. The zero-order valence-electron chi connectivity index (χ0n) is 34.3. The van der Waals surface area contributed by atoms with Crippen LogP contribution >= 0.6 is 0 Å². The summed E-state index contributed by atoms with van der Waals surface area (Å²) in [6.07, 6.45) is -3.48. The fourth-order valence-electron chi connectivity index (χ4n) is 5.11. The summed E-state index contributed by atoms with van der Waals surface area (Å²) >= 11 is 0. The second-order valence-corrected chi connectivity index (χ2v) is 17.6. The molecule has 0 atom stereocenters. The lowest BCUT2D eigenvalue weighted by molar-refractivity contribution is -0.342. The lowest BCUT2D eigenvalue weighted by Crippen LogP contribution is -2.53. The van der Waals surface area contributed by atoms with E-state index >= 15 is 0 Å². The predicted molar refractivity (Wildman–Crippen MR) is 183 cm³/mol. The number of ether oxygens (including phenoxy) is 8. The molecule has 0 saturated carbocycles. The van der Waals surface area contributed by atoms with E-state index in [1.165, 1.54) is 27.7 Å². The number of alkyl halides is 3. The molecule has 13 heteroatoms. The van der Waals surface area contributed by atoms with Crippen LogP contribution in [0.15, 0.2) is 12.5 Å². The average Bonchev–Trinajstić information content (AvgIpc) is 3.34. The van der Waals surface area contributed by atoms with E-state index in [9.17, 15) is 22.4 Å². The van der Waals surface area contributed by atoms with Gasteiger partial charge in [-0.2, -0.15) is 17.6 Å². The number of hydrogen-bond acceptors (Lipinski definition) is 9. The molecule has 4 heterocycles. The Hall–Kier alpha value is -1.51. The molecule has 4 aliphatic rings. The smallest absolute Gasteiger partial charge is 0.454 e. The van der Waals surface area contributed by atoms with Crippen LogP contribution in [0.5, 0.6) is 0 Å². The first kappa shape index (κ1) is 46.5. The number of carbonyl (C=O) groups excluding carboxylic acids is 1. The standard InChI is InChI=1S/2C10H20O2.C9H12F4O3.C8H14O2/c2*1-7-10(6)11-8(2,3)9(4,5)12-10;1-6(2)7(3,4)16-8(15-6,5(10)14)9(11,12)13;1-6-9-7(2,3)8(4,5)10-6/h2*7H2,1-6H3;1-4H3;1H2,2-5H3. The molecule has 9 nitrogen and oxygen atoms in total. The van der Waals surface area contributed by atoms with Crippen LogP contribution in [0.4, 0.5) is 17.6 Å². The van der Waals surface area contributed by atoms with Crippen molar-refractivity contribution in [1.82, 2.24) is 0 Å². The zero-order valence-corrected chi connectivity index (χ0v) is 34.3. The summed E-state index contributed by atoms with van der Waals surface area (Å²) in [7, 11) is 0. The van der Waals surface area contributed by atoms with Crippen molar-refractivity contribution >= 4 is 6.04 Å². The molecule has 4 rings (SSSR count). The highest BCUT2D eigenvalue weighted by Crippen LogP contribution is 2.51. The highest BCUT2D eigenvalue weighted by molar-refractivity contribution is 5.78. The van der Waals surface area contributed by atoms with E-state index in [1.54, 1.807) is 0 Å². The predicted octanol–water partition coefficient (Wildman–Crippen LogP) is 9.84. The van der Waals surface area contributed by atoms with Gasteiger partial charge in [0.05, 0.1) is 33.6 Å². The van der Waals surface area contributed by atoms with Gasteiger partial charge in [-0.3, -0.25) is 4.79 Å². The summed E-state index contributed by atoms with van der Waals surface area (Å²) in [6, 6.07) is -2.70. The Morgan fingerprint density at radius 3 is 0.820 bits per heavy atom. The highest BCUT2D eigenvalue weighted by Gasteiger charge is 2.74. The summed E-state index contributed by atoms with van der Waals surface area (Å²) < 4.78 is 93.8. The summed E-state index contributed by atoms with van der Waals surface area (Å²) in [6.45, 7) is 41.5. The lowest BCUT2D eigenvalue weighted by atomic mass is 9.90. The average molecular weight is 731 g/mol. The van der Waals surface area contributed by atoms with Gasteiger partial charge in [-0.15, -0.1) is 0 Å². The summed E-state index contributed by atoms with van der Waals surface area (Å²) in [5.74, 6) is -4.17. The van der Waals surface area contributed by atoms with Crippen LogP contribution in [-0.2, 0) is 42.7 Å². The maximum absolute atomic E-state index is 12.6. The van der Waals surface area contributed by atoms with Gasteiger partial charge in [-0.1, -0.05) is 13.8 Å². The molecular formula is C37H66F4O9. The first-order valence-corrected chi connectivity index (χ1v) is 17.2. The Morgan fingerprint density at radius 1 is 0.500 bits per heavy atom. The molecule has 4 aliphatic heterocycles. The monoisotopic (exact) mass is 730 g/mol. The van der Waals surface area contributed by atoms with Gasteiger partial charge in [-0.25, -0.2) is 0 Å². The van der Waals surface area contributed by atoms with Gasteiger partial charge in [0.1, 0.15) is 11.2 Å². The molecule has 0 amide bonds. The molecule has 0 aromatic heterocycles. The van der Waals surface area contributed by atoms with Crippen LogP contribution in [-0.4, -0.2) is 74.4 Å². The van der Waals surface area contributed by atoms with E-state index in [2.05, 4.69) is 85.3 Å². The molecule has 296 valence electrons. The maximum Gasteiger partial charge on any atom is 0.454 e. The van der Waals surface area contributed by atoms with Gasteiger partial charge in [0.15, 0.2) is 11.6 Å². The molecule has 0 aliphatic carbocycles. The molecular weight excluding hydrogens is 664 g/mol. The zero-order chi connectivity index (χ0) is 40.2. The van der Waals surface area contributed by atoms with E-state index < -0.39 is 40.8 Å². The van der Waals surface area contributed by atoms with Crippen molar-refractivity contribution in [2.45, 2.75) is 220 Å². The van der Waals surface area contributed by atoms with Gasteiger partial charge in [0.25, 0.3) is 5.95 Å². The van der Waals surface area contributed by atoms with Gasteiger partial charge in [0, 0.05) is 0 Å². The molecule has 50 heavy (non-hydrogen) atoms. The molecule has 0 N–H and O–H groups in total. The fourth-order valence-corrected chi connectivity index (χ4v) is 5.11. The van der Waals surface area contributed by atoms with E-state index in [4.69, 9.17) is 28.4 Å². The van der Waals surface area contributed by atoms with Crippen LogP contribution in [0.3, 0.4) is 0 Å². The second-order valence-electron chi connectivity index (χ2n) is 17.6. The molecule has 0 radical (unpaired) electrons. The number of rotatable bonds is 3. The van der Waals surface area contributed by atoms with Gasteiger partial charge in [-0.05, 0) is 144 Å². The van der Waals surface area contributed by atoms with Crippen molar-refractivity contribution < 1.29 is 60.3 Å². The Labute approximate surface area is 298 Å². The maximum atomic E-state index is 12.6. The van der Waals surface area contributed by atoms with Gasteiger partial charge in [0.2, 0.25) is 0 Å². The first-order chi connectivity index (χ1) is 21.7. The van der Waals surface area contributed by atoms with Gasteiger partial charge >= 0.3 is 18.0 Å². The third-order valence-corrected chi connectivity index (χ3v) is 11.1.